The van der Waals surface area contributed by atoms with Gasteiger partial charge in [-0.05, 0) is 42.3 Å². The van der Waals surface area contributed by atoms with E-state index in [9.17, 15) is 4.79 Å². The largest absolute Gasteiger partial charge is 0.496 e. The molecule has 20 heavy (non-hydrogen) atoms. The minimum absolute atomic E-state index is 0.138. The van der Waals surface area contributed by atoms with Crippen LogP contribution in [0, 0.1) is 0 Å². The molecule has 0 bridgehead atoms. The highest BCUT2D eigenvalue weighted by Crippen LogP contribution is 2.22. The molecular formula is C16H18O3S. The maximum atomic E-state index is 12.1. The molecular weight excluding hydrogens is 272 g/mol. The number of ether oxygens (including phenoxy) is 1. The number of Topliss-reactive ketones (excluding diaryl/α,β-unsaturated/α-hetero) is 1. The zero-order valence-electron chi connectivity index (χ0n) is 11.7. The Kier molecular flexibility index (Phi) is 5.30. The first-order chi connectivity index (χ1) is 9.74. The third-order valence-corrected chi connectivity index (χ3v) is 4.00. The van der Waals surface area contributed by atoms with Gasteiger partial charge >= 0.3 is 0 Å². The quantitative estimate of drug-likeness (QED) is 0.723. The van der Waals surface area contributed by atoms with Crippen molar-refractivity contribution >= 4 is 17.5 Å². The third kappa shape index (κ3) is 3.67. The summed E-state index contributed by atoms with van der Waals surface area (Å²) in [5.74, 6) is 3.05. The Labute approximate surface area is 123 Å². The Morgan fingerprint density at radius 2 is 2.20 bits per heavy atom. The molecule has 1 heterocycles. The Bertz CT molecular complexity index is 561. The fourth-order valence-corrected chi connectivity index (χ4v) is 2.77. The lowest BCUT2D eigenvalue weighted by molar-refractivity contribution is 0.102. The van der Waals surface area contributed by atoms with Crippen molar-refractivity contribution in [2.75, 3.05) is 12.9 Å². The molecule has 2 aromatic rings. The van der Waals surface area contributed by atoms with Gasteiger partial charge in [-0.3, -0.25) is 4.79 Å². The molecule has 0 saturated carbocycles. The van der Waals surface area contributed by atoms with Crippen LogP contribution >= 0.6 is 11.8 Å². The van der Waals surface area contributed by atoms with Crippen molar-refractivity contribution in [3.05, 3.63) is 53.5 Å². The van der Waals surface area contributed by atoms with E-state index in [1.54, 1.807) is 25.1 Å². The molecule has 0 radical (unpaired) electrons. The van der Waals surface area contributed by atoms with Crippen molar-refractivity contribution in [2.24, 2.45) is 0 Å². The zero-order valence-corrected chi connectivity index (χ0v) is 12.5. The van der Waals surface area contributed by atoms with Crippen LogP contribution in [0.1, 0.15) is 28.6 Å². The Morgan fingerprint density at radius 3 is 2.85 bits per heavy atom. The van der Waals surface area contributed by atoms with Gasteiger partial charge in [0.2, 0.25) is 0 Å². The number of aryl methyl sites for hydroxylation is 1. The van der Waals surface area contributed by atoms with E-state index < -0.39 is 0 Å². The van der Waals surface area contributed by atoms with E-state index in [1.807, 2.05) is 30.3 Å². The second-order valence-corrected chi connectivity index (χ2v) is 5.36. The van der Waals surface area contributed by atoms with Gasteiger partial charge in [-0.2, -0.15) is 0 Å². The lowest BCUT2D eigenvalue weighted by Crippen LogP contribution is -2.04. The molecule has 2 rings (SSSR count). The van der Waals surface area contributed by atoms with Gasteiger partial charge in [-0.25, -0.2) is 0 Å². The number of methoxy groups -OCH3 is 1. The first kappa shape index (κ1) is 14.7. The molecule has 1 aromatic heterocycles. The summed E-state index contributed by atoms with van der Waals surface area (Å²) in [6, 6.07) is 9.39. The molecule has 4 heteroatoms. The normalized spacial score (nSPS) is 10.5. The van der Waals surface area contributed by atoms with Gasteiger partial charge < -0.3 is 9.15 Å². The van der Waals surface area contributed by atoms with Gasteiger partial charge in [0.25, 0.3) is 0 Å². The monoisotopic (exact) mass is 290 g/mol. The van der Waals surface area contributed by atoms with Crippen LogP contribution in [0.4, 0.5) is 0 Å². The molecule has 0 saturated heterocycles. The van der Waals surface area contributed by atoms with E-state index in [1.165, 1.54) is 0 Å². The predicted octanol–water partition coefficient (Wildman–Crippen LogP) is 3.97. The van der Waals surface area contributed by atoms with Crippen molar-refractivity contribution in [1.29, 1.82) is 0 Å². The first-order valence-electron chi connectivity index (χ1n) is 6.54. The number of hydrogen-bond donors (Lipinski definition) is 0. The molecule has 0 aliphatic carbocycles. The SMILES string of the molecule is CCc1cc(C(=O)CSCc2ccco2)ccc1OC. The van der Waals surface area contributed by atoms with E-state index in [4.69, 9.17) is 9.15 Å². The molecule has 0 amide bonds. The summed E-state index contributed by atoms with van der Waals surface area (Å²) in [4.78, 5) is 12.1. The highest BCUT2D eigenvalue weighted by Gasteiger charge is 2.10. The van der Waals surface area contributed by atoms with E-state index >= 15 is 0 Å². The fraction of sp³-hybridized carbons (Fsp3) is 0.312. The van der Waals surface area contributed by atoms with Crippen LogP contribution in [-0.4, -0.2) is 18.6 Å². The van der Waals surface area contributed by atoms with E-state index in [0.717, 1.165) is 34.8 Å². The second kappa shape index (κ2) is 7.20. The van der Waals surface area contributed by atoms with Crippen molar-refractivity contribution in [2.45, 2.75) is 19.1 Å². The minimum Gasteiger partial charge on any atom is -0.496 e. The lowest BCUT2D eigenvalue weighted by Gasteiger charge is -2.08. The van der Waals surface area contributed by atoms with Crippen LogP contribution in [0.3, 0.4) is 0 Å². The molecule has 0 atom stereocenters. The molecule has 0 aliphatic rings. The summed E-state index contributed by atoms with van der Waals surface area (Å²) in [5, 5.41) is 0. The van der Waals surface area contributed by atoms with Gasteiger partial charge in [-0.1, -0.05) is 6.92 Å². The second-order valence-electron chi connectivity index (χ2n) is 4.38. The van der Waals surface area contributed by atoms with Crippen LogP contribution < -0.4 is 4.74 Å². The topological polar surface area (TPSA) is 39.4 Å². The fourth-order valence-electron chi connectivity index (χ4n) is 1.95. The molecule has 0 aliphatic heterocycles. The molecule has 0 unspecified atom stereocenters. The Hall–Kier alpha value is -1.68. The smallest absolute Gasteiger partial charge is 0.172 e. The molecule has 1 aromatic carbocycles. The highest BCUT2D eigenvalue weighted by molar-refractivity contribution is 7.99. The molecule has 0 N–H and O–H groups in total. The number of thioether (sulfide) groups is 1. The summed E-state index contributed by atoms with van der Waals surface area (Å²) in [6.45, 7) is 2.05. The van der Waals surface area contributed by atoms with Crippen molar-refractivity contribution in [3.63, 3.8) is 0 Å². The average molecular weight is 290 g/mol. The van der Waals surface area contributed by atoms with Gasteiger partial charge in [-0.15, -0.1) is 11.8 Å². The number of carbonyl (C=O) groups is 1. The van der Waals surface area contributed by atoms with Crippen LogP contribution in [0.2, 0.25) is 0 Å². The zero-order chi connectivity index (χ0) is 14.4. The third-order valence-electron chi connectivity index (χ3n) is 3.04. The number of ketones is 1. The standard InChI is InChI=1S/C16H18O3S/c1-3-12-9-13(6-7-16(12)18-2)15(17)11-20-10-14-5-4-8-19-14/h4-9H,3,10-11H2,1-2H3. The van der Waals surface area contributed by atoms with Crippen molar-refractivity contribution < 1.29 is 13.9 Å². The average Bonchev–Trinajstić information content (AvgIpc) is 2.99. The molecule has 3 nitrogen and oxygen atoms in total. The number of rotatable bonds is 7. The number of benzene rings is 1. The van der Waals surface area contributed by atoms with Crippen LogP contribution in [0.25, 0.3) is 0 Å². The van der Waals surface area contributed by atoms with E-state index in [2.05, 4.69) is 6.92 Å². The number of carbonyl (C=O) groups excluding carboxylic acids is 1. The summed E-state index contributed by atoms with van der Waals surface area (Å²) in [7, 11) is 1.65. The molecule has 0 fully saturated rings. The Morgan fingerprint density at radius 1 is 1.35 bits per heavy atom. The van der Waals surface area contributed by atoms with E-state index in [0.29, 0.717) is 5.75 Å². The predicted molar refractivity (Wildman–Crippen MR) is 81.6 cm³/mol. The van der Waals surface area contributed by atoms with Gasteiger partial charge in [0.15, 0.2) is 5.78 Å². The van der Waals surface area contributed by atoms with Crippen molar-refractivity contribution in [3.8, 4) is 5.75 Å². The van der Waals surface area contributed by atoms with Crippen molar-refractivity contribution in [1.82, 2.24) is 0 Å². The molecule has 106 valence electrons. The lowest BCUT2D eigenvalue weighted by atomic mass is 10.1. The van der Waals surface area contributed by atoms with Gasteiger partial charge in [0.05, 0.1) is 24.9 Å². The van der Waals surface area contributed by atoms with Gasteiger partial charge in [0.1, 0.15) is 11.5 Å². The van der Waals surface area contributed by atoms with Crippen LogP contribution in [0.5, 0.6) is 5.75 Å². The van der Waals surface area contributed by atoms with Crippen LogP contribution in [0.15, 0.2) is 41.0 Å². The van der Waals surface area contributed by atoms with E-state index in [-0.39, 0.29) is 5.78 Å². The number of hydrogen-bond acceptors (Lipinski definition) is 4. The van der Waals surface area contributed by atoms with Gasteiger partial charge in [0, 0.05) is 5.56 Å². The highest BCUT2D eigenvalue weighted by atomic mass is 32.2. The maximum Gasteiger partial charge on any atom is 0.172 e. The first-order valence-corrected chi connectivity index (χ1v) is 7.70. The van der Waals surface area contributed by atoms with Crippen LogP contribution in [-0.2, 0) is 12.2 Å². The summed E-state index contributed by atoms with van der Waals surface area (Å²) >= 11 is 1.56. The minimum atomic E-state index is 0.138. The summed E-state index contributed by atoms with van der Waals surface area (Å²) in [6.07, 6.45) is 2.50. The number of furan rings is 1. The summed E-state index contributed by atoms with van der Waals surface area (Å²) < 4.78 is 10.5. The Balaban J connectivity index is 1.95. The summed E-state index contributed by atoms with van der Waals surface area (Å²) in [5.41, 5.74) is 1.81. The maximum absolute atomic E-state index is 12.1. The molecule has 0 spiro atoms.